The lowest BCUT2D eigenvalue weighted by Crippen LogP contribution is -2.36. The molecule has 1 aromatic rings. The molecule has 1 saturated heterocycles. The van der Waals surface area contributed by atoms with E-state index in [0.717, 1.165) is 32.1 Å². The smallest absolute Gasteiger partial charge is 0.426 e. The van der Waals surface area contributed by atoms with E-state index in [1.165, 1.54) is 0 Å². The molecule has 116 valence electrons. The zero-order chi connectivity index (χ0) is 15.5. The molecule has 2 rings (SSSR count). The second kappa shape index (κ2) is 6.11. The van der Waals surface area contributed by atoms with E-state index >= 15 is 0 Å². The van der Waals surface area contributed by atoms with Crippen molar-refractivity contribution < 1.29 is 13.9 Å². The standard InChI is InChI=1S/C13H20FN5O2/c1-13(2,3)21-12(20)18-17-10-9(14)8-15-11(16-10)19-6-4-5-7-19/h8H,4-7H2,1-3H3,(H,18,20)(H,15,16,17). The number of hydrogen-bond acceptors (Lipinski definition) is 6. The summed E-state index contributed by atoms with van der Waals surface area (Å²) in [6.07, 6.45) is 2.52. The number of anilines is 2. The number of aromatic nitrogens is 2. The van der Waals surface area contributed by atoms with Crippen LogP contribution in [-0.2, 0) is 4.74 Å². The normalized spacial score (nSPS) is 15.0. The predicted molar refractivity (Wildman–Crippen MR) is 76.4 cm³/mol. The Bertz CT molecular complexity index is 512. The third-order valence-corrected chi connectivity index (χ3v) is 2.80. The van der Waals surface area contributed by atoms with Gasteiger partial charge in [0.25, 0.3) is 0 Å². The second-order valence-electron chi connectivity index (χ2n) is 5.81. The van der Waals surface area contributed by atoms with Crippen LogP contribution in [0.15, 0.2) is 6.20 Å². The van der Waals surface area contributed by atoms with Gasteiger partial charge in [-0.15, -0.1) is 0 Å². The number of hydrogen-bond donors (Lipinski definition) is 2. The first-order chi connectivity index (χ1) is 9.85. The molecule has 1 amide bonds. The average molecular weight is 297 g/mol. The highest BCUT2D eigenvalue weighted by atomic mass is 19.1. The number of carbonyl (C=O) groups is 1. The van der Waals surface area contributed by atoms with Crippen LogP contribution >= 0.6 is 0 Å². The van der Waals surface area contributed by atoms with Gasteiger partial charge >= 0.3 is 6.09 Å². The van der Waals surface area contributed by atoms with Crippen molar-refractivity contribution >= 4 is 17.9 Å². The third kappa shape index (κ3) is 4.44. The number of hydrazine groups is 1. The van der Waals surface area contributed by atoms with Gasteiger partial charge in [0, 0.05) is 13.1 Å². The molecule has 8 heteroatoms. The zero-order valence-corrected chi connectivity index (χ0v) is 12.4. The quantitative estimate of drug-likeness (QED) is 0.831. The molecule has 21 heavy (non-hydrogen) atoms. The van der Waals surface area contributed by atoms with Gasteiger partial charge in [-0.05, 0) is 33.6 Å². The van der Waals surface area contributed by atoms with Crippen molar-refractivity contribution in [1.82, 2.24) is 15.4 Å². The highest BCUT2D eigenvalue weighted by molar-refractivity contribution is 5.69. The minimum atomic E-state index is -0.705. The first-order valence-electron chi connectivity index (χ1n) is 6.88. The van der Waals surface area contributed by atoms with Gasteiger partial charge < -0.3 is 9.64 Å². The van der Waals surface area contributed by atoms with Crippen molar-refractivity contribution in [3.05, 3.63) is 12.0 Å². The van der Waals surface area contributed by atoms with Crippen LogP contribution < -0.4 is 15.8 Å². The van der Waals surface area contributed by atoms with Crippen molar-refractivity contribution in [3.8, 4) is 0 Å². The van der Waals surface area contributed by atoms with Crippen molar-refractivity contribution in [2.45, 2.75) is 39.2 Å². The molecule has 2 heterocycles. The Kier molecular flexibility index (Phi) is 4.44. The summed E-state index contributed by atoms with van der Waals surface area (Å²) in [6, 6.07) is 0. The Morgan fingerprint density at radius 2 is 2.05 bits per heavy atom. The maximum Gasteiger partial charge on any atom is 0.426 e. The van der Waals surface area contributed by atoms with E-state index in [-0.39, 0.29) is 5.82 Å². The maximum absolute atomic E-state index is 13.6. The van der Waals surface area contributed by atoms with Gasteiger partial charge in [0.15, 0.2) is 11.6 Å². The van der Waals surface area contributed by atoms with Crippen LogP contribution in [0.25, 0.3) is 0 Å². The number of nitrogens with one attached hydrogen (secondary N) is 2. The number of halogens is 1. The summed E-state index contributed by atoms with van der Waals surface area (Å²) in [5.74, 6) is -0.283. The Hall–Kier alpha value is -2.12. The molecular formula is C13H20FN5O2. The maximum atomic E-state index is 13.6. The fourth-order valence-electron chi connectivity index (χ4n) is 1.93. The molecule has 0 atom stereocenters. The Morgan fingerprint density at radius 1 is 1.38 bits per heavy atom. The average Bonchev–Trinajstić information content (AvgIpc) is 2.89. The summed E-state index contributed by atoms with van der Waals surface area (Å²) in [5.41, 5.74) is 4.05. The van der Waals surface area contributed by atoms with Crippen LogP contribution in [0, 0.1) is 5.82 Å². The van der Waals surface area contributed by atoms with Gasteiger partial charge in [-0.1, -0.05) is 0 Å². The fraction of sp³-hybridized carbons (Fsp3) is 0.615. The summed E-state index contributed by atoms with van der Waals surface area (Å²) in [4.78, 5) is 21.5. The molecule has 1 aliphatic rings. The third-order valence-electron chi connectivity index (χ3n) is 2.80. The molecule has 0 radical (unpaired) electrons. The molecule has 0 unspecified atom stereocenters. The summed E-state index contributed by atoms with van der Waals surface area (Å²) in [6.45, 7) is 6.92. The lowest BCUT2D eigenvalue weighted by atomic mass is 10.2. The number of ether oxygens (including phenoxy) is 1. The summed E-state index contributed by atoms with van der Waals surface area (Å²) >= 11 is 0. The van der Waals surface area contributed by atoms with Crippen LogP contribution in [0.4, 0.5) is 21.0 Å². The molecule has 1 fully saturated rings. The highest BCUT2D eigenvalue weighted by Crippen LogP contribution is 2.18. The minimum Gasteiger partial charge on any atom is -0.443 e. The van der Waals surface area contributed by atoms with Crippen LogP contribution in [0.1, 0.15) is 33.6 Å². The number of nitrogens with zero attached hydrogens (tertiary/aromatic N) is 3. The van der Waals surface area contributed by atoms with Crippen LogP contribution in [-0.4, -0.2) is 34.8 Å². The second-order valence-corrected chi connectivity index (χ2v) is 5.81. The van der Waals surface area contributed by atoms with Crippen molar-refractivity contribution in [2.24, 2.45) is 0 Å². The SMILES string of the molecule is CC(C)(C)OC(=O)NNc1nc(N2CCCC2)ncc1F. The molecule has 7 nitrogen and oxygen atoms in total. The largest absolute Gasteiger partial charge is 0.443 e. The van der Waals surface area contributed by atoms with E-state index < -0.39 is 17.5 Å². The summed E-state index contributed by atoms with van der Waals surface area (Å²) < 4.78 is 18.7. The van der Waals surface area contributed by atoms with Crippen LogP contribution in [0.3, 0.4) is 0 Å². The van der Waals surface area contributed by atoms with E-state index in [0.29, 0.717) is 5.95 Å². The Morgan fingerprint density at radius 3 is 2.67 bits per heavy atom. The molecular weight excluding hydrogens is 277 g/mol. The van der Waals surface area contributed by atoms with Crippen LogP contribution in [0.5, 0.6) is 0 Å². The van der Waals surface area contributed by atoms with E-state index in [1.54, 1.807) is 20.8 Å². The first-order valence-corrected chi connectivity index (χ1v) is 6.88. The molecule has 2 N–H and O–H groups in total. The van der Waals surface area contributed by atoms with Crippen molar-refractivity contribution in [1.29, 1.82) is 0 Å². The molecule has 0 spiro atoms. The Labute approximate surface area is 122 Å². The minimum absolute atomic E-state index is 0.0854. The van der Waals surface area contributed by atoms with E-state index in [1.807, 2.05) is 4.90 Å². The van der Waals surface area contributed by atoms with Gasteiger partial charge in [-0.2, -0.15) is 4.98 Å². The molecule has 0 aliphatic carbocycles. The van der Waals surface area contributed by atoms with Gasteiger partial charge in [0.1, 0.15) is 5.60 Å². The van der Waals surface area contributed by atoms with E-state index in [2.05, 4.69) is 20.8 Å². The van der Waals surface area contributed by atoms with Gasteiger partial charge in [-0.25, -0.2) is 19.6 Å². The van der Waals surface area contributed by atoms with Gasteiger partial charge in [0.2, 0.25) is 5.95 Å². The number of amides is 1. The van der Waals surface area contributed by atoms with Gasteiger partial charge in [0.05, 0.1) is 6.20 Å². The lowest BCUT2D eigenvalue weighted by molar-refractivity contribution is 0.0540. The zero-order valence-electron chi connectivity index (χ0n) is 12.4. The van der Waals surface area contributed by atoms with Crippen molar-refractivity contribution in [3.63, 3.8) is 0 Å². The van der Waals surface area contributed by atoms with Crippen LogP contribution in [0.2, 0.25) is 0 Å². The summed E-state index contributed by atoms with van der Waals surface area (Å²) in [5, 5.41) is 0. The molecule has 0 saturated carbocycles. The fourth-order valence-corrected chi connectivity index (χ4v) is 1.93. The number of rotatable bonds is 3. The molecule has 1 aromatic heterocycles. The number of carbonyl (C=O) groups excluding carboxylic acids is 1. The van der Waals surface area contributed by atoms with Gasteiger partial charge in [-0.3, -0.25) is 5.43 Å². The molecule has 1 aliphatic heterocycles. The predicted octanol–water partition coefficient (Wildman–Crippen LogP) is 2.07. The molecule has 0 aromatic carbocycles. The first kappa shape index (κ1) is 15.3. The topological polar surface area (TPSA) is 79.4 Å². The molecule has 0 bridgehead atoms. The lowest BCUT2D eigenvalue weighted by Gasteiger charge is -2.20. The summed E-state index contributed by atoms with van der Waals surface area (Å²) in [7, 11) is 0. The van der Waals surface area contributed by atoms with E-state index in [4.69, 9.17) is 4.74 Å². The highest BCUT2D eigenvalue weighted by Gasteiger charge is 2.19. The van der Waals surface area contributed by atoms with E-state index in [9.17, 15) is 9.18 Å². The van der Waals surface area contributed by atoms with Crippen molar-refractivity contribution in [2.75, 3.05) is 23.4 Å². The Balaban J connectivity index is 1.99. The monoisotopic (exact) mass is 297 g/mol.